The maximum atomic E-state index is 6.42. The molecule has 1 unspecified atom stereocenters. The van der Waals surface area contributed by atoms with E-state index in [-0.39, 0.29) is 12.4 Å². The Morgan fingerprint density at radius 2 is 2.15 bits per heavy atom. The Hall–Kier alpha value is 0.0700. The van der Waals surface area contributed by atoms with Crippen molar-refractivity contribution in [1.29, 1.82) is 0 Å². The fourth-order valence-electron chi connectivity index (χ4n) is 2.82. The van der Waals surface area contributed by atoms with E-state index in [0.29, 0.717) is 6.10 Å². The number of halogens is 2. The van der Waals surface area contributed by atoms with Crippen molar-refractivity contribution in [3.05, 3.63) is 28.3 Å². The minimum absolute atomic E-state index is 0. The number of ether oxygens (including phenoxy) is 1. The number of fused-ring (bicyclic) bond motifs is 1. The monoisotopic (exact) mass is 333 g/mol. The molecule has 5 heteroatoms. The summed E-state index contributed by atoms with van der Waals surface area (Å²) in [5, 5.41) is 4.37. The van der Waals surface area contributed by atoms with E-state index in [1.54, 1.807) is 0 Å². The molecule has 1 fully saturated rings. The van der Waals surface area contributed by atoms with E-state index in [4.69, 9.17) is 16.3 Å². The molecule has 0 bridgehead atoms. The molecule has 0 spiro atoms. The Balaban J connectivity index is 0.00000147. The highest BCUT2D eigenvalue weighted by Gasteiger charge is 2.19. The van der Waals surface area contributed by atoms with Crippen LogP contribution < -0.4 is 5.32 Å². The molecule has 112 valence electrons. The third-order valence-corrected chi connectivity index (χ3v) is 5.59. The van der Waals surface area contributed by atoms with Crippen molar-refractivity contribution in [2.24, 2.45) is 0 Å². The fraction of sp³-hybridized carbons (Fsp3) is 0.600. The van der Waals surface area contributed by atoms with Gasteiger partial charge in [0, 0.05) is 17.3 Å². The summed E-state index contributed by atoms with van der Waals surface area (Å²) >= 11 is 8.30. The highest BCUT2D eigenvalue weighted by Crippen LogP contribution is 2.35. The first-order chi connectivity index (χ1) is 9.34. The number of rotatable bonds is 3. The lowest BCUT2D eigenvalue weighted by molar-refractivity contribution is 0.129. The number of hydrogen-bond donors (Lipinski definition) is 1. The van der Waals surface area contributed by atoms with Gasteiger partial charge in [0.15, 0.2) is 0 Å². The standard InChI is InChI=1S/C15H20ClNOS.ClH/c16-14-4-3-11-5-7-17-8-6-13(11)15(14)19-10-12-2-1-9-18-12;/h3-4,12,17H,1-2,5-10H2;1H. The second-order valence-electron chi connectivity index (χ2n) is 5.21. The van der Waals surface area contributed by atoms with E-state index in [2.05, 4.69) is 17.4 Å². The second kappa shape index (κ2) is 7.90. The molecule has 0 aromatic heterocycles. The van der Waals surface area contributed by atoms with Crippen LogP contribution in [-0.2, 0) is 17.6 Å². The average molecular weight is 334 g/mol. The van der Waals surface area contributed by atoms with Crippen LogP contribution in [-0.4, -0.2) is 31.6 Å². The van der Waals surface area contributed by atoms with Gasteiger partial charge in [-0.05, 0) is 56.0 Å². The van der Waals surface area contributed by atoms with Crippen LogP contribution >= 0.6 is 35.8 Å². The molecule has 2 aliphatic rings. The van der Waals surface area contributed by atoms with E-state index in [1.807, 2.05) is 11.8 Å². The van der Waals surface area contributed by atoms with E-state index >= 15 is 0 Å². The Morgan fingerprint density at radius 1 is 1.30 bits per heavy atom. The summed E-state index contributed by atoms with van der Waals surface area (Å²) in [7, 11) is 0. The molecular formula is C15H21Cl2NOS. The molecule has 0 radical (unpaired) electrons. The highest BCUT2D eigenvalue weighted by atomic mass is 35.5. The van der Waals surface area contributed by atoms with Gasteiger partial charge in [-0.25, -0.2) is 0 Å². The van der Waals surface area contributed by atoms with Gasteiger partial charge in [0.05, 0.1) is 11.1 Å². The fourth-order valence-corrected chi connectivity index (χ4v) is 4.39. The molecule has 2 nitrogen and oxygen atoms in total. The van der Waals surface area contributed by atoms with E-state index < -0.39 is 0 Å². The zero-order chi connectivity index (χ0) is 13.1. The molecule has 2 heterocycles. The molecule has 2 aliphatic heterocycles. The summed E-state index contributed by atoms with van der Waals surface area (Å²) in [5.41, 5.74) is 2.92. The van der Waals surface area contributed by atoms with Gasteiger partial charge in [-0.1, -0.05) is 17.7 Å². The SMILES string of the molecule is Cl.Clc1ccc2c(c1SCC1CCCO1)CCNCC2. The van der Waals surface area contributed by atoms with Crippen LogP contribution in [0.5, 0.6) is 0 Å². The molecule has 1 N–H and O–H groups in total. The first-order valence-electron chi connectivity index (χ1n) is 7.10. The molecule has 1 aromatic rings. The van der Waals surface area contributed by atoms with Crippen LogP contribution in [0.15, 0.2) is 17.0 Å². The normalized spacial score (nSPS) is 21.9. The van der Waals surface area contributed by atoms with Crippen molar-refractivity contribution >= 4 is 35.8 Å². The molecule has 1 saturated heterocycles. The van der Waals surface area contributed by atoms with Crippen LogP contribution in [0.2, 0.25) is 5.02 Å². The van der Waals surface area contributed by atoms with E-state index in [1.165, 1.54) is 28.9 Å². The van der Waals surface area contributed by atoms with Gasteiger partial charge in [-0.2, -0.15) is 0 Å². The van der Waals surface area contributed by atoms with Crippen molar-refractivity contribution in [2.75, 3.05) is 25.4 Å². The van der Waals surface area contributed by atoms with Gasteiger partial charge in [0.2, 0.25) is 0 Å². The maximum Gasteiger partial charge on any atom is 0.0669 e. The number of nitrogens with one attached hydrogen (secondary N) is 1. The summed E-state index contributed by atoms with van der Waals surface area (Å²) in [6, 6.07) is 4.25. The Bertz CT molecular complexity index is 450. The van der Waals surface area contributed by atoms with Gasteiger partial charge in [0.1, 0.15) is 0 Å². The highest BCUT2D eigenvalue weighted by molar-refractivity contribution is 7.99. The first-order valence-corrected chi connectivity index (χ1v) is 8.46. The Kier molecular flexibility index (Phi) is 6.50. The predicted molar refractivity (Wildman–Crippen MR) is 88.7 cm³/mol. The molecule has 0 amide bonds. The van der Waals surface area contributed by atoms with Gasteiger partial charge in [0.25, 0.3) is 0 Å². The van der Waals surface area contributed by atoms with Crippen molar-refractivity contribution in [1.82, 2.24) is 5.32 Å². The largest absolute Gasteiger partial charge is 0.377 e. The Morgan fingerprint density at radius 3 is 2.95 bits per heavy atom. The lowest BCUT2D eigenvalue weighted by Gasteiger charge is -2.15. The second-order valence-corrected chi connectivity index (χ2v) is 6.65. The first kappa shape index (κ1) is 16.4. The van der Waals surface area contributed by atoms with Gasteiger partial charge >= 0.3 is 0 Å². The van der Waals surface area contributed by atoms with Crippen molar-refractivity contribution in [3.63, 3.8) is 0 Å². The average Bonchev–Trinajstić information content (AvgIpc) is 2.82. The third-order valence-electron chi connectivity index (χ3n) is 3.87. The summed E-state index contributed by atoms with van der Waals surface area (Å²) in [4.78, 5) is 1.29. The zero-order valence-corrected chi connectivity index (χ0v) is 13.9. The summed E-state index contributed by atoms with van der Waals surface area (Å²) in [6.07, 6.45) is 5.02. The number of thioether (sulfide) groups is 1. The van der Waals surface area contributed by atoms with Crippen molar-refractivity contribution < 1.29 is 4.74 Å². The molecule has 1 aromatic carbocycles. The Labute approximate surface area is 136 Å². The van der Waals surface area contributed by atoms with Crippen LogP contribution in [0.1, 0.15) is 24.0 Å². The van der Waals surface area contributed by atoms with Gasteiger partial charge in [-0.15, -0.1) is 24.2 Å². The summed E-state index contributed by atoms with van der Waals surface area (Å²) in [6.45, 7) is 3.06. The molecule has 20 heavy (non-hydrogen) atoms. The minimum Gasteiger partial charge on any atom is -0.377 e. The quantitative estimate of drug-likeness (QED) is 0.852. The summed E-state index contributed by atoms with van der Waals surface area (Å²) in [5.74, 6) is 1.03. The molecule has 0 aliphatic carbocycles. The third kappa shape index (κ3) is 3.83. The van der Waals surface area contributed by atoms with Crippen LogP contribution in [0.4, 0.5) is 0 Å². The lowest BCUT2D eigenvalue weighted by Crippen LogP contribution is -2.16. The van der Waals surface area contributed by atoms with E-state index in [0.717, 1.165) is 43.3 Å². The van der Waals surface area contributed by atoms with Gasteiger partial charge < -0.3 is 10.1 Å². The lowest BCUT2D eigenvalue weighted by atomic mass is 10.0. The molecular weight excluding hydrogens is 313 g/mol. The van der Waals surface area contributed by atoms with Crippen LogP contribution in [0.25, 0.3) is 0 Å². The maximum absolute atomic E-state index is 6.42. The molecule has 1 atom stereocenters. The van der Waals surface area contributed by atoms with Crippen LogP contribution in [0.3, 0.4) is 0 Å². The smallest absolute Gasteiger partial charge is 0.0669 e. The van der Waals surface area contributed by atoms with E-state index in [9.17, 15) is 0 Å². The number of hydrogen-bond acceptors (Lipinski definition) is 3. The topological polar surface area (TPSA) is 21.3 Å². The minimum atomic E-state index is 0. The summed E-state index contributed by atoms with van der Waals surface area (Å²) < 4.78 is 5.71. The van der Waals surface area contributed by atoms with Crippen LogP contribution in [0, 0.1) is 0 Å². The number of benzene rings is 1. The van der Waals surface area contributed by atoms with Crippen molar-refractivity contribution in [2.45, 2.75) is 36.7 Å². The predicted octanol–water partition coefficient (Wildman–Crippen LogP) is 3.72. The van der Waals surface area contributed by atoms with Gasteiger partial charge in [-0.3, -0.25) is 0 Å². The molecule has 0 saturated carbocycles. The van der Waals surface area contributed by atoms with Crippen molar-refractivity contribution in [3.8, 4) is 0 Å². The zero-order valence-electron chi connectivity index (χ0n) is 11.5. The molecule has 3 rings (SSSR count).